The van der Waals surface area contributed by atoms with Crippen molar-refractivity contribution in [2.24, 2.45) is 0 Å². The molecule has 1 heterocycles. The Morgan fingerprint density at radius 2 is 1.80 bits per heavy atom. The van der Waals surface area contributed by atoms with Crippen LogP contribution in [0.3, 0.4) is 0 Å². The number of hydrogen-bond acceptors (Lipinski definition) is 5. The molecule has 2 fully saturated rings. The first-order chi connectivity index (χ1) is 14.4. The highest BCUT2D eigenvalue weighted by Crippen LogP contribution is 2.27. The first-order valence-corrected chi connectivity index (χ1v) is 10.6. The van der Waals surface area contributed by atoms with E-state index in [0.717, 1.165) is 19.3 Å². The Kier molecular flexibility index (Phi) is 7.27. The second kappa shape index (κ2) is 9.90. The molecule has 0 spiro atoms. The highest BCUT2D eigenvalue weighted by atomic mass is 19.1. The largest absolute Gasteiger partial charge is 0.484 e. The average molecular weight is 416 g/mol. The summed E-state index contributed by atoms with van der Waals surface area (Å²) in [6.07, 6.45) is 4.44. The van der Waals surface area contributed by atoms with Gasteiger partial charge in [-0.05, 0) is 44.0 Å². The monoisotopic (exact) mass is 416 g/mol. The number of piperazine rings is 1. The molecule has 0 aromatic heterocycles. The van der Waals surface area contributed by atoms with E-state index in [1.165, 1.54) is 24.3 Å². The van der Waals surface area contributed by atoms with Gasteiger partial charge in [-0.2, -0.15) is 5.26 Å². The summed E-state index contributed by atoms with van der Waals surface area (Å²) >= 11 is 0. The summed E-state index contributed by atoms with van der Waals surface area (Å²) in [4.78, 5) is 28.9. The Bertz CT molecular complexity index is 779. The molecule has 1 aromatic carbocycles. The van der Waals surface area contributed by atoms with Gasteiger partial charge in [0.15, 0.2) is 6.61 Å². The molecule has 2 aliphatic rings. The Morgan fingerprint density at radius 1 is 1.17 bits per heavy atom. The molecule has 1 unspecified atom stereocenters. The lowest BCUT2D eigenvalue weighted by Crippen LogP contribution is -2.58. The van der Waals surface area contributed by atoms with Crippen molar-refractivity contribution < 1.29 is 18.7 Å². The molecule has 0 radical (unpaired) electrons. The summed E-state index contributed by atoms with van der Waals surface area (Å²) in [7, 11) is 0. The highest BCUT2D eigenvalue weighted by Gasteiger charge is 2.36. The van der Waals surface area contributed by atoms with Gasteiger partial charge in [0.25, 0.3) is 5.91 Å². The van der Waals surface area contributed by atoms with E-state index < -0.39 is 5.54 Å². The minimum Gasteiger partial charge on any atom is -0.484 e. The quantitative estimate of drug-likeness (QED) is 0.767. The fourth-order valence-electron chi connectivity index (χ4n) is 4.05. The third kappa shape index (κ3) is 5.48. The number of nitrogens with one attached hydrogen (secondary N) is 1. The standard InChI is InChI=1S/C22H29FN4O3/c1-17(21(29)25-22(16-24)9-3-2-4-10-22)26-11-13-27(14-12-26)20(28)15-30-19-7-5-18(23)6-8-19/h5-8,17H,2-4,9-15H2,1H3,(H,25,29). The van der Waals surface area contributed by atoms with E-state index in [0.29, 0.717) is 44.8 Å². The predicted octanol–water partition coefficient (Wildman–Crippen LogP) is 2.08. The van der Waals surface area contributed by atoms with E-state index in [1.54, 1.807) is 4.90 Å². The molecule has 1 aliphatic carbocycles. The van der Waals surface area contributed by atoms with Gasteiger partial charge in [0.1, 0.15) is 17.1 Å². The zero-order chi connectivity index (χ0) is 21.6. The van der Waals surface area contributed by atoms with Crippen LogP contribution in [0.5, 0.6) is 5.75 Å². The van der Waals surface area contributed by atoms with Gasteiger partial charge in [-0.15, -0.1) is 0 Å². The van der Waals surface area contributed by atoms with Crippen molar-refractivity contribution in [3.63, 3.8) is 0 Å². The number of rotatable bonds is 6. The van der Waals surface area contributed by atoms with E-state index in [2.05, 4.69) is 11.4 Å². The van der Waals surface area contributed by atoms with Gasteiger partial charge in [-0.1, -0.05) is 19.3 Å². The fourth-order valence-corrected chi connectivity index (χ4v) is 4.05. The third-order valence-electron chi connectivity index (χ3n) is 6.05. The number of hydrogen-bond donors (Lipinski definition) is 1. The maximum absolute atomic E-state index is 12.9. The third-order valence-corrected chi connectivity index (χ3v) is 6.05. The summed E-state index contributed by atoms with van der Waals surface area (Å²) in [6, 6.07) is 7.51. The van der Waals surface area contributed by atoms with Crippen LogP contribution in [-0.2, 0) is 9.59 Å². The van der Waals surface area contributed by atoms with Crippen LogP contribution in [0.2, 0.25) is 0 Å². The Morgan fingerprint density at radius 3 is 2.40 bits per heavy atom. The molecule has 1 aliphatic heterocycles. The SMILES string of the molecule is CC(C(=O)NC1(C#N)CCCCC1)N1CCN(C(=O)COc2ccc(F)cc2)CC1. The normalized spacial score (nSPS) is 20.1. The molecule has 30 heavy (non-hydrogen) atoms. The summed E-state index contributed by atoms with van der Waals surface area (Å²) in [5.74, 6) is -0.172. The maximum Gasteiger partial charge on any atom is 0.260 e. The van der Waals surface area contributed by atoms with Crippen LogP contribution in [0, 0.1) is 17.1 Å². The van der Waals surface area contributed by atoms with Crippen LogP contribution < -0.4 is 10.1 Å². The van der Waals surface area contributed by atoms with Crippen molar-refractivity contribution in [3.8, 4) is 11.8 Å². The van der Waals surface area contributed by atoms with Crippen LogP contribution >= 0.6 is 0 Å². The van der Waals surface area contributed by atoms with Crippen LogP contribution in [0.15, 0.2) is 24.3 Å². The van der Waals surface area contributed by atoms with E-state index >= 15 is 0 Å². The number of nitriles is 1. The van der Waals surface area contributed by atoms with Gasteiger partial charge in [-0.25, -0.2) is 4.39 Å². The van der Waals surface area contributed by atoms with Crippen molar-refractivity contribution in [3.05, 3.63) is 30.1 Å². The average Bonchev–Trinajstić information content (AvgIpc) is 2.78. The molecular weight excluding hydrogens is 387 g/mol. The summed E-state index contributed by atoms with van der Waals surface area (Å²) in [6.45, 7) is 3.91. The van der Waals surface area contributed by atoms with E-state index in [4.69, 9.17) is 4.74 Å². The van der Waals surface area contributed by atoms with Gasteiger partial charge in [0.2, 0.25) is 5.91 Å². The minimum absolute atomic E-state index is 0.105. The molecule has 1 saturated heterocycles. The Hall–Kier alpha value is -2.66. The Labute approximate surface area is 176 Å². The Balaban J connectivity index is 1.44. The van der Waals surface area contributed by atoms with Crippen LogP contribution in [-0.4, -0.2) is 66.0 Å². The molecule has 3 rings (SSSR count). The molecule has 162 valence electrons. The van der Waals surface area contributed by atoms with Crippen LogP contribution in [0.4, 0.5) is 4.39 Å². The highest BCUT2D eigenvalue weighted by molar-refractivity contribution is 5.82. The van der Waals surface area contributed by atoms with E-state index in [-0.39, 0.29) is 30.3 Å². The summed E-state index contributed by atoms with van der Waals surface area (Å²) in [5, 5.41) is 12.6. The van der Waals surface area contributed by atoms with Crippen molar-refractivity contribution in [2.75, 3.05) is 32.8 Å². The first-order valence-electron chi connectivity index (χ1n) is 10.6. The number of nitrogens with zero attached hydrogens (tertiary/aromatic N) is 3. The number of benzene rings is 1. The molecule has 1 aromatic rings. The second-order valence-corrected chi connectivity index (χ2v) is 8.08. The maximum atomic E-state index is 12.9. The van der Waals surface area contributed by atoms with Crippen molar-refractivity contribution in [2.45, 2.75) is 50.6 Å². The fraction of sp³-hybridized carbons (Fsp3) is 0.591. The number of amides is 2. The smallest absolute Gasteiger partial charge is 0.260 e. The van der Waals surface area contributed by atoms with Gasteiger partial charge in [0.05, 0.1) is 12.1 Å². The summed E-state index contributed by atoms with van der Waals surface area (Å²) in [5.41, 5.74) is -0.737. The van der Waals surface area contributed by atoms with Crippen LogP contribution in [0.25, 0.3) is 0 Å². The van der Waals surface area contributed by atoms with Crippen LogP contribution in [0.1, 0.15) is 39.0 Å². The van der Waals surface area contributed by atoms with Crippen molar-refractivity contribution >= 4 is 11.8 Å². The number of carbonyl (C=O) groups excluding carboxylic acids is 2. The zero-order valence-corrected chi connectivity index (χ0v) is 17.4. The number of halogens is 1. The topological polar surface area (TPSA) is 85.7 Å². The number of carbonyl (C=O) groups is 2. The van der Waals surface area contributed by atoms with Gasteiger partial charge < -0.3 is 15.0 Å². The second-order valence-electron chi connectivity index (χ2n) is 8.08. The van der Waals surface area contributed by atoms with Crippen molar-refractivity contribution in [1.82, 2.24) is 15.1 Å². The lowest BCUT2D eigenvalue weighted by atomic mass is 9.82. The van der Waals surface area contributed by atoms with E-state index in [9.17, 15) is 19.2 Å². The minimum atomic E-state index is -0.737. The molecule has 0 bridgehead atoms. The molecule has 1 N–H and O–H groups in total. The lowest BCUT2D eigenvalue weighted by molar-refractivity contribution is -0.136. The molecule has 1 saturated carbocycles. The molecule has 2 amide bonds. The van der Waals surface area contributed by atoms with Gasteiger partial charge >= 0.3 is 0 Å². The lowest BCUT2D eigenvalue weighted by Gasteiger charge is -2.39. The predicted molar refractivity (Wildman–Crippen MR) is 109 cm³/mol. The molecule has 7 nitrogen and oxygen atoms in total. The van der Waals surface area contributed by atoms with Gasteiger partial charge in [-0.3, -0.25) is 14.5 Å². The molecular formula is C22H29FN4O3. The van der Waals surface area contributed by atoms with Crippen molar-refractivity contribution in [1.29, 1.82) is 5.26 Å². The molecule has 1 atom stereocenters. The summed E-state index contributed by atoms with van der Waals surface area (Å²) < 4.78 is 18.4. The first kappa shape index (κ1) is 22.0. The molecule has 8 heteroatoms. The zero-order valence-electron chi connectivity index (χ0n) is 17.4. The van der Waals surface area contributed by atoms with Gasteiger partial charge in [0, 0.05) is 26.2 Å². The van der Waals surface area contributed by atoms with E-state index in [1.807, 2.05) is 11.8 Å². The number of ether oxygens (including phenoxy) is 1.